The highest BCUT2D eigenvalue weighted by atomic mass is 35.5. The van der Waals surface area contributed by atoms with Crippen LogP contribution < -0.4 is 0 Å². The van der Waals surface area contributed by atoms with Gasteiger partial charge >= 0.3 is 0 Å². The van der Waals surface area contributed by atoms with Gasteiger partial charge in [0.05, 0.1) is 0 Å². The molecule has 1 rings (SSSR count). The van der Waals surface area contributed by atoms with Crippen molar-refractivity contribution >= 4 is 35.0 Å². The summed E-state index contributed by atoms with van der Waals surface area (Å²) >= 11 is 11.2. The lowest BCUT2D eigenvalue weighted by molar-refractivity contribution is 0.0791. The minimum absolute atomic E-state index is 0.112. The Morgan fingerprint density at radius 1 is 0.850 bits per heavy atom. The van der Waals surface area contributed by atoms with E-state index in [1.54, 1.807) is 48.2 Å². The molecule has 0 aliphatic rings. The molecule has 0 spiro atoms. The number of halogens is 2. The fourth-order valence-electron chi connectivity index (χ4n) is 1.65. The Morgan fingerprint density at radius 2 is 1.15 bits per heavy atom. The van der Waals surface area contributed by atoms with Crippen molar-refractivity contribution in [2.75, 3.05) is 38.9 Å². The lowest BCUT2D eigenvalue weighted by Gasteiger charge is -2.17. The van der Waals surface area contributed by atoms with E-state index in [9.17, 15) is 9.59 Å². The average Bonchev–Trinajstić information content (AvgIpc) is 2.46. The van der Waals surface area contributed by atoms with Gasteiger partial charge in [-0.3, -0.25) is 9.59 Å². The second-order valence-corrected chi connectivity index (χ2v) is 5.16. The molecule has 0 saturated carbocycles. The number of amides is 2. The second-order valence-electron chi connectivity index (χ2n) is 4.41. The molecule has 1 aromatic carbocycles. The van der Waals surface area contributed by atoms with Crippen molar-refractivity contribution in [1.82, 2.24) is 9.80 Å². The molecule has 0 unspecified atom stereocenters. The monoisotopic (exact) mass is 316 g/mol. The van der Waals surface area contributed by atoms with E-state index in [1.807, 2.05) is 0 Å². The molecule has 2 amide bonds. The van der Waals surface area contributed by atoms with Crippen molar-refractivity contribution in [3.05, 3.63) is 35.4 Å². The molecule has 6 heteroatoms. The number of benzene rings is 1. The van der Waals surface area contributed by atoms with E-state index in [-0.39, 0.29) is 11.8 Å². The van der Waals surface area contributed by atoms with Gasteiger partial charge in [-0.2, -0.15) is 0 Å². The third kappa shape index (κ3) is 4.39. The number of alkyl halides is 2. The van der Waals surface area contributed by atoms with Crippen LogP contribution in [-0.2, 0) is 0 Å². The van der Waals surface area contributed by atoms with Crippen LogP contribution in [0.3, 0.4) is 0 Å². The van der Waals surface area contributed by atoms with Gasteiger partial charge < -0.3 is 9.80 Å². The summed E-state index contributed by atoms with van der Waals surface area (Å²) in [6.45, 7) is 0.971. The predicted octanol–water partition coefficient (Wildman–Crippen LogP) is 2.31. The van der Waals surface area contributed by atoms with Gasteiger partial charge in [0.1, 0.15) is 0 Å². The van der Waals surface area contributed by atoms with Crippen LogP contribution in [0.1, 0.15) is 20.7 Å². The van der Waals surface area contributed by atoms with E-state index >= 15 is 0 Å². The zero-order valence-electron chi connectivity index (χ0n) is 11.6. The number of hydrogen-bond acceptors (Lipinski definition) is 2. The van der Waals surface area contributed by atoms with Crippen LogP contribution in [0.5, 0.6) is 0 Å². The standard InChI is InChI=1S/C14H18Cl2N2O2/c1-17(9-7-15)13(19)11-3-5-12(6-4-11)14(20)18(2)10-8-16/h3-6H,7-10H2,1-2H3. The Morgan fingerprint density at radius 3 is 1.40 bits per heavy atom. The molecule has 0 N–H and O–H groups in total. The maximum Gasteiger partial charge on any atom is 0.253 e. The molecule has 0 aromatic heterocycles. The molecule has 1 aromatic rings. The van der Waals surface area contributed by atoms with Crippen molar-refractivity contribution in [3.8, 4) is 0 Å². The molecule has 20 heavy (non-hydrogen) atoms. The Hall–Kier alpha value is -1.26. The van der Waals surface area contributed by atoms with Gasteiger partial charge in [0.15, 0.2) is 0 Å². The van der Waals surface area contributed by atoms with Gasteiger partial charge in [0.2, 0.25) is 0 Å². The fraction of sp³-hybridized carbons (Fsp3) is 0.429. The summed E-state index contributed by atoms with van der Waals surface area (Å²) in [6, 6.07) is 6.59. The quantitative estimate of drug-likeness (QED) is 0.756. The first kappa shape index (κ1) is 16.8. The Labute approximate surface area is 129 Å². The summed E-state index contributed by atoms with van der Waals surface area (Å²) in [4.78, 5) is 27.1. The summed E-state index contributed by atoms with van der Waals surface area (Å²) in [5.74, 6) is 0.557. The third-order valence-corrected chi connectivity index (χ3v) is 3.25. The largest absolute Gasteiger partial charge is 0.341 e. The molecule has 0 bridgehead atoms. The van der Waals surface area contributed by atoms with Crippen molar-refractivity contribution < 1.29 is 9.59 Å². The highest BCUT2D eigenvalue weighted by molar-refractivity contribution is 6.18. The lowest BCUT2D eigenvalue weighted by Crippen LogP contribution is -2.29. The van der Waals surface area contributed by atoms with E-state index < -0.39 is 0 Å². The van der Waals surface area contributed by atoms with Crippen molar-refractivity contribution in [2.45, 2.75) is 0 Å². The van der Waals surface area contributed by atoms with Crippen LogP contribution in [0.25, 0.3) is 0 Å². The third-order valence-electron chi connectivity index (χ3n) is 2.91. The zero-order valence-corrected chi connectivity index (χ0v) is 13.1. The zero-order chi connectivity index (χ0) is 15.1. The predicted molar refractivity (Wildman–Crippen MR) is 81.8 cm³/mol. The number of carbonyl (C=O) groups is 2. The van der Waals surface area contributed by atoms with Crippen molar-refractivity contribution in [3.63, 3.8) is 0 Å². The molecule has 0 saturated heterocycles. The van der Waals surface area contributed by atoms with Gasteiger partial charge in [-0.25, -0.2) is 0 Å². The van der Waals surface area contributed by atoms with Crippen molar-refractivity contribution in [2.24, 2.45) is 0 Å². The van der Waals surface area contributed by atoms with Gasteiger partial charge in [-0.05, 0) is 24.3 Å². The van der Waals surface area contributed by atoms with Gasteiger partial charge in [0.25, 0.3) is 11.8 Å². The van der Waals surface area contributed by atoms with Crippen LogP contribution in [0.2, 0.25) is 0 Å². The molecule has 110 valence electrons. The minimum Gasteiger partial charge on any atom is -0.341 e. The van der Waals surface area contributed by atoms with Crippen LogP contribution in [-0.4, -0.2) is 60.6 Å². The molecule has 0 atom stereocenters. The first-order valence-corrected chi connectivity index (χ1v) is 7.31. The number of nitrogens with zero attached hydrogens (tertiary/aromatic N) is 2. The summed E-state index contributed by atoms with van der Waals surface area (Å²) in [6.07, 6.45) is 0. The van der Waals surface area contributed by atoms with Crippen LogP contribution in [0, 0.1) is 0 Å². The fourth-order valence-corrected chi connectivity index (χ4v) is 2.16. The summed E-state index contributed by atoms with van der Waals surface area (Å²) < 4.78 is 0. The van der Waals surface area contributed by atoms with Gasteiger partial charge in [0, 0.05) is 50.1 Å². The van der Waals surface area contributed by atoms with E-state index in [2.05, 4.69) is 0 Å². The van der Waals surface area contributed by atoms with E-state index in [0.29, 0.717) is 36.0 Å². The Kier molecular flexibility index (Phi) is 6.82. The topological polar surface area (TPSA) is 40.6 Å². The van der Waals surface area contributed by atoms with Gasteiger partial charge in [-0.1, -0.05) is 0 Å². The molecule has 4 nitrogen and oxygen atoms in total. The first-order chi connectivity index (χ1) is 9.51. The Balaban J connectivity index is 2.78. The summed E-state index contributed by atoms with van der Waals surface area (Å²) in [5, 5.41) is 0. The average molecular weight is 317 g/mol. The maximum absolute atomic E-state index is 12.0. The normalized spacial score (nSPS) is 10.2. The molecule has 0 aliphatic heterocycles. The number of carbonyl (C=O) groups excluding carboxylic acids is 2. The molecule has 0 fully saturated rings. The van der Waals surface area contributed by atoms with E-state index in [4.69, 9.17) is 23.2 Å². The summed E-state index contributed by atoms with van der Waals surface area (Å²) in [7, 11) is 3.38. The highest BCUT2D eigenvalue weighted by Crippen LogP contribution is 2.09. The molecule has 0 radical (unpaired) electrons. The number of rotatable bonds is 6. The molecular weight excluding hydrogens is 299 g/mol. The minimum atomic E-state index is -0.112. The van der Waals surface area contributed by atoms with Gasteiger partial charge in [-0.15, -0.1) is 23.2 Å². The van der Waals surface area contributed by atoms with Crippen LogP contribution in [0.4, 0.5) is 0 Å². The molecular formula is C14H18Cl2N2O2. The Bertz CT molecular complexity index is 420. The van der Waals surface area contributed by atoms with Crippen molar-refractivity contribution in [1.29, 1.82) is 0 Å². The first-order valence-electron chi connectivity index (χ1n) is 6.24. The maximum atomic E-state index is 12.0. The lowest BCUT2D eigenvalue weighted by atomic mass is 10.1. The molecule has 0 heterocycles. The van der Waals surface area contributed by atoms with Crippen LogP contribution >= 0.6 is 23.2 Å². The smallest absolute Gasteiger partial charge is 0.253 e. The second kappa shape index (κ2) is 8.12. The van der Waals surface area contributed by atoms with E-state index in [0.717, 1.165) is 0 Å². The molecule has 0 aliphatic carbocycles. The number of hydrogen-bond donors (Lipinski definition) is 0. The highest BCUT2D eigenvalue weighted by Gasteiger charge is 2.14. The van der Waals surface area contributed by atoms with Crippen LogP contribution in [0.15, 0.2) is 24.3 Å². The SMILES string of the molecule is CN(CCCl)C(=O)c1ccc(C(=O)N(C)CCCl)cc1. The summed E-state index contributed by atoms with van der Waals surface area (Å²) in [5.41, 5.74) is 1.07. The van der Waals surface area contributed by atoms with E-state index in [1.165, 1.54) is 0 Å².